The van der Waals surface area contributed by atoms with Crippen LogP contribution in [0.4, 0.5) is 5.82 Å². The number of amides is 1. The average molecular weight is 384 g/mol. The Labute approximate surface area is 161 Å². The molecule has 0 bridgehead atoms. The number of halogens is 1. The molecule has 0 fully saturated rings. The highest BCUT2D eigenvalue weighted by Crippen LogP contribution is 2.36. The smallest absolute Gasteiger partial charge is 0.256 e. The van der Waals surface area contributed by atoms with E-state index >= 15 is 0 Å². The first-order chi connectivity index (χ1) is 12.5. The van der Waals surface area contributed by atoms with Crippen molar-refractivity contribution >= 4 is 35.1 Å². The van der Waals surface area contributed by atoms with Gasteiger partial charge < -0.3 is 5.32 Å². The van der Waals surface area contributed by atoms with Crippen molar-refractivity contribution in [3.05, 3.63) is 75.4 Å². The number of hydrogen-bond donors (Lipinski definition) is 1. The Balaban J connectivity index is 1.74. The molecular formula is C20H18ClN3OS. The molecule has 6 heteroatoms. The fourth-order valence-electron chi connectivity index (χ4n) is 2.97. The van der Waals surface area contributed by atoms with E-state index in [9.17, 15) is 4.79 Å². The Hall–Kier alpha value is -2.24. The molecule has 0 saturated carbocycles. The van der Waals surface area contributed by atoms with Gasteiger partial charge in [-0.05, 0) is 61.4 Å². The molecule has 2 aromatic carbocycles. The van der Waals surface area contributed by atoms with Crippen LogP contribution < -0.4 is 5.32 Å². The van der Waals surface area contributed by atoms with E-state index in [2.05, 4.69) is 31.3 Å². The molecule has 1 N–H and O–H groups in total. The number of rotatable bonds is 3. The van der Waals surface area contributed by atoms with Crippen LogP contribution in [0.25, 0.3) is 5.69 Å². The molecule has 0 spiro atoms. The van der Waals surface area contributed by atoms with E-state index in [1.807, 2.05) is 22.5 Å². The molecule has 26 heavy (non-hydrogen) atoms. The lowest BCUT2D eigenvalue weighted by atomic mass is 10.1. The van der Waals surface area contributed by atoms with Gasteiger partial charge in [0.15, 0.2) is 0 Å². The van der Waals surface area contributed by atoms with Gasteiger partial charge >= 0.3 is 0 Å². The number of carbonyl (C=O) groups excluding carboxylic acids is 1. The van der Waals surface area contributed by atoms with Gasteiger partial charge in [-0.3, -0.25) is 4.79 Å². The van der Waals surface area contributed by atoms with Gasteiger partial charge in [-0.25, -0.2) is 4.68 Å². The summed E-state index contributed by atoms with van der Waals surface area (Å²) in [5, 5.41) is 8.43. The topological polar surface area (TPSA) is 46.9 Å². The zero-order valence-electron chi connectivity index (χ0n) is 14.5. The fourth-order valence-corrected chi connectivity index (χ4v) is 4.13. The number of fused-ring (bicyclic) bond motifs is 1. The van der Waals surface area contributed by atoms with Gasteiger partial charge in [0.2, 0.25) is 0 Å². The predicted octanol–water partition coefficient (Wildman–Crippen LogP) is 5.14. The van der Waals surface area contributed by atoms with Crippen molar-refractivity contribution < 1.29 is 4.79 Å². The summed E-state index contributed by atoms with van der Waals surface area (Å²) in [6.45, 7) is 4.17. The molecule has 132 valence electrons. The first kappa shape index (κ1) is 17.2. The Morgan fingerprint density at radius 3 is 2.62 bits per heavy atom. The van der Waals surface area contributed by atoms with E-state index in [0.29, 0.717) is 10.6 Å². The van der Waals surface area contributed by atoms with E-state index in [-0.39, 0.29) is 5.91 Å². The lowest BCUT2D eigenvalue weighted by Gasteiger charge is -2.12. The molecule has 0 saturated heterocycles. The molecule has 0 atom stereocenters. The molecule has 0 radical (unpaired) electrons. The van der Waals surface area contributed by atoms with Crippen LogP contribution in [0.2, 0.25) is 5.02 Å². The van der Waals surface area contributed by atoms with Crippen molar-refractivity contribution in [1.82, 2.24) is 9.78 Å². The number of thioether (sulfide) groups is 1. The molecule has 1 amide bonds. The molecule has 4 nitrogen and oxygen atoms in total. The summed E-state index contributed by atoms with van der Waals surface area (Å²) in [5.74, 6) is 2.33. The summed E-state index contributed by atoms with van der Waals surface area (Å²) >= 11 is 7.73. The fraction of sp³-hybridized carbons (Fsp3) is 0.200. The van der Waals surface area contributed by atoms with Gasteiger partial charge in [0.25, 0.3) is 5.91 Å². The van der Waals surface area contributed by atoms with Crippen LogP contribution in [0.1, 0.15) is 32.7 Å². The number of nitrogens with one attached hydrogen (secondary N) is 1. The molecule has 2 heterocycles. The molecular weight excluding hydrogens is 366 g/mol. The monoisotopic (exact) mass is 383 g/mol. The lowest BCUT2D eigenvalue weighted by Crippen LogP contribution is -2.16. The van der Waals surface area contributed by atoms with Crippen LogP contribution in [0.15, 0.2) is 42.5 Å². The Kier molecular flexibility index (Phi) is 4.51. The van der Waals surface area contributed by atoms with Gasteiger partial charge in [0, 0.05) is 27.7 Å². The first-order valence-electron chi connectivity index (χ1n) is 8.36. The highest BCUT2D eigenvalue weighted by atomic mass is 35.5. The van der Waals surface area contributed by atoms with Crippen LogP contribution in [0.3, 0.4) is 0 Å². The van der Waals surface area contributed by atoms with Crippen LogP contribution in [-0.2, 0) is 11.5 Å². The summed E-state index contributed by atoms with van der Waals surface area (Å²) < 4.78 is 1.85. The van der Waals surface area contributed by atoms with E-state index in [4.69, 9.17) is 16.7 Å². The summed E-state index contributed by atoms with van der Waals surface area (Å²) in [5.41, 5.74) is 6.11. The second-order valence-corrected chi connectivity index (χ2v) is 7.83. The SMILES string of the molecule is Cc1ccc(-n2nc3c(c2NC(=O)c2ccc(Cl)cc2)CSC3)cc1C. The van der Waals surface area contributed by atoms with Crippen molar-refractivity contribution in [2.45, 2.75) is 25.4 Å². The van der Waals surface area contributed by atoms with Gasteiger partial charge in [0.1, 0.15) is 5.82 Å². The van der Waals surface area contributed by atoms with Crippen molar-refractivity contribution in [2.24, 2.45) is 0 Å². The Morgan fingerprint density at radius 2 is 1.88 bits per heavy atom. The van der Waals surface area contributed by atoms with Gasteiger partial charge in [-0.15, -0.1) is 0 Å². The lowest BCUT2D eigenvalue weighted by molar-refractivity contribution is 0.102. The largest absolute Gasteiger partial charge is 0.306 e. The van der Waals surface area contributed by atoms with Gasteiger partial charge in [0.05, 0.1) is 11.4 Å². The zero-order valence-corrected chi connectivity index (χ0v) is 16.1. The standard InChI is InChI=1S/C20H18ClN3OS/c1-12-3-8-16(9-13(12)2)24-19(17-10-26-11-18(17)23-24)22-20(25)14-4-6-15(21)7-5-14/h3-9H,10-11H2,1-2H3,(H,22,25). The maximum Gasteiger partial charge on any atom is 0.256 e. The molecule has 4 rings (SSSR count). The Bertz CT molecular complexity index is 995. The van der Waals surface area contributed by atoms with Crippen molar-refractivity contribution in [1.29, 1.82) is 0 Å². The minimum atomic E-state index is -0.161. The van der Waals surface area contributed by atoms with E-state index in [0.717, 1.165) is 34.3 Å². The third kappa shape index (κ3) is 3.13. The maximum absolute atomic E-state index is 12.7. The molecule has 1 aliphatic rings. The molecule has 1 aromatic heterocycles. The van der Waals surface area contributed by atoms with E-state index < -0.39 is 0 Å². The Morgan fingerprint density at radius 1 is 1.12 bits per heavy atom. The number of aryl methyl sites for hydroxylation is 2. The van der Waals surface area contributed by atoms with Crippen LogP contribution in [0.5, 0.6) is 0 Å². The van der Waals surface area contributed by atoms with Gasteiger partial charge in [-0.2, -0.15) is 16.9 Å². The number of carbonyl (C=O) groups is 1. The molecule has 0 unspecified atom stereocenters. The highest BCUT2D eigenvalue weighted by Gasteiger charge is 2.25. The van der Waals surface area contributed by atoms with Crippen molar-refractivity contribution in [2.75, 3.05) is 5.32 Å². The predicted molar refractivity (Wildman–Crippen MR) is 107 cm³/mol. The summed E-state index contributed by atoms with van der Waals surface area (Å²) in [6, 6.07) is 13.1. The number of nitrogens with zero attached hydrogens (tertiary/aromatic N) is 2. The minimum Gasteiger partial charge on any atom is -0.306 e. The second kappa shape index (κ2) is 6.82. The van der Waals surface area contributed by atoms with Gasteiger partial charge in [-0.1, -0.05) is 17.7 Å². The zero-order chi connectivity index (χ0) is 18.3. The quantitative estimate of drug-likeness (QED) is 0.681. The van der Waals surface area contributed by atoms with E-state index in [1.54, 1.807) is 24.3 Å². The van der Waals surface area contributed by atoms with Crippen molar-refractivity contribution in [3.8, 4) is 5.69 Å². The number of hydrogen-bond acceptors (Lipinski definition) is 3. The molecule has 1 aliphatic heterocycles. The summed E-state index contributed by atoms with van der Waals surface area (Å²) in [6.07, 6.45) is 0. The number of benzene rings is 2. The molecule has 3 aromatic rings. The van der Waals surface area contributed by atoms with Crippen LogP contribution in [0, 0.1) is 13.8 Å². The third-order valence-electron chi connectivity index (χ3n) is 4.63. The summed E-state index contributed by atoms with van der Waals surface area (Å²) in [4.78, 5) is 12.7. The normalized spacial score (nSPS) is 12.9. The van der Waals surface area contributed by atoms with Crippen LogP contribution in [-0.4, -0.2) is 15.7 Å². The third-order valence-corrected chi connectivity index (χ3v) is 5.85. The van der Waals surface area contributed by atoms with E-state index in [1.165, 1.54) is 11.1 Å². The summed E-state index contributed by atoms with van der Waals surface area (Å²) in [7, 11) is 0. The minimum absolute atomic E-state index is 0.161. The second-order valence-electron chi connectivity index (χ2n) is 6.41. The average Bonchev–Trinajstić information content (AvgIpc) is 3.20. The first-order valence-corrected chi connectivity index (χ1v) is 9.89. The molecule has 0 aliphatic carbocycles. The van der Waals surface area contributed by atoms with Crippen LogP contribution >= 0.6 is 23.4 Å². The van der Waals surface area contributed by atoms with Crippen molar-refractivity contribution in [3.63, 3.8) is 0 Å². The maximum atomic E-state index is 12.7. The number of anilines is 1. The number of aromatic nitrogens is 2. The highest BCUT2D eigenvalue weighted by molar-refractivity contribution is 7.98.